The van der Waals surface area contributed by atoms with E-state index >= 15 is 0 Å². The number of carbonyl (C=O) groups excluding carboxylic acids is 1. The average Bonchev–Trinajstić information content (AvgIpc) is 2.74. The molecule has 1 aromatic rings. The van der Waals surface area contributed by atoms with Crippen molar-refractivity contribution in [1.82, 2.24) is 4.90 Å². The number of rotatable bonds is 13. The van der Waals surface area contributed by atoms with E-state index in [2.05, 4.69) is 24.1 Å². The third-order valence-corrected chi connectivity index (χ3v) is 5.25. The number of nitrogens with one attached hydrogen (secondary N) is 1. The predicted octanol–water partition coefficient (Wildman–Crippen LogP) is 4.10. The van der Waals surface area contributed by atoms with E-state index in [1.54, 1.807) is 0 Å². The zero-order valence-corrected chi connectivity index (χ0v) is 18.4. The Morgan fingerprint density at radius 3 is 2.48 bits per heavy atom. The summed E-state index contributed by atoms with van der Waals surface area (Å²) in [6.45, 7) is 11.8. The van der Waals surface area contributed by atoms with Gasteiger partial charge >= 0.3 is 0 Å². The molecular formula is C23H38N2O4. The number of hydrogen-bond donors (Lipinski definition) is 1. The summed E-state index contributed by atoms with van der Waals surface area (Å²) >= 11 is 0. The molecule has 6 heteroatoms. The number of nitrogens with zero attached hydrogens (tertiary/aromatic N) is 1. The third kappa shape index (κ3) is 8.33. The molecule has 1 atom stereocenters. The van der Waals surface area contributed by atoms with Crippen molar-refractivity contribution < 1.29 is 19.0 Å². The lowest BCUT2D eigenvalue weighted by Gasteiger charge is -2.29. The molecule has 0 aliphatic carbocycles. The van der Waals surface area contributed by atoms with E-state index < -0.39 is 5.60 Å². The van der Waals surface area contributed by atoms with Crippen LogP contribution in [0.15, 0.2) is 24.3 Å². The summed E-state index contributed by atoms with van der Waals surface area (Å²) in [5, 5.41) is 3.01. The molecule has 1 amide bonds. The highest BCUT2D eigenvalue weighted by molar-refractivity contribution is 5.97. The highest BCUT2D eigenvalue weighted by atomic mass is 16.5. The van der Waals surface area contributed by atoms with Gasteiger partial charge in [0, 0.05) is 31.9 Å². The van der Waals surface area contributed by atoms with Crippen LogP contribution in [0.5, 0.6) is 5.75 Å². The second-order valence-electron chi connectivity index (χ2n) is 7.82. The first kappa shape index (κ1) is 23.6. The van der Waals surface area contributed by atoms with Gasteiger partial charge in [-0.25, -0.2) is 0 Å². The molecule has 1 saturated heterocycles. The van der Waals surface area contributed by atoms with E-state index in [-0.39, 0.29) is 5.91 Å². The summed E-state index contributed by atoms with van der Waals surface area (Å²) in [5.41, 5.74) is -0.0317. The Hall–Kier alpha value is -1.63. The normalized spacial score (nSPS) is 16.9. The average molecular weight is 407 g/mol. The number of benzene rings is 1. The van der Waals surface area contributed by atoms with Crippen LogP contribution in [-0.2, 0) is 14.3 Å². The van der Waals surface area contributed by atoms with E-state index in [1.807, 2.05) is 31.2 Å². The number of ether oxygens (including phenoxy) is 3. The van der Waals surface area contributed by atoms with Gasteiger partial charge in [-0.15, -0.1) is 0 Å². The molecule has 1 N–H and O–H groups in total. The van der Waals surface area contributed by atoms with Gasteiger partial charge in [0.1, 0.15) is 18.0 Å². The van der Waals surface area contributed by atoms with E-state index in [1.165, 1.54) is 0 Å². The number of carbonyl (C=O) groups is 1. The molecule has 1 heterocycles. The van der Waals surface area contributed by atoms with Crippen molar-refractivity contribution in [2.45, 2.75) is 58.5 Å². The van der Waals surface area contributed by atoms with Crippen LogP contribution in [-0.4, -0.2) is 62.5 Å². The molecule has 29 heavy (non-hydrogen) atoms. The van der Waals surface area contributed by atoms with Crippen LogP contribution < -0.4 is 10.1 Å². The Kier molecular flexibility index (Phi) is 10.5. The van der Waals surface area contributed by atoms with Crippen molar-refractivity contribution in [3.05, 3.63) is 24.3 Å². The standard InChI is InChI=1S/C23H38N2O4/c1-4-6-7-12-23(3,29-16-5-2)22(26)24-20-8-10-21(11-9-20)28-19-15-25-13-17-27-18-14-25/h8-11H,4-7,12-19H2,1-3H3,(H,24,26)/t23-/m0/s1. The largest absolute Gasteiger partial charge is 0.492 e. The van der Waals surface area contributed by atoms with Gasteiger partial charge in [0.25, 0.3) is 5.91 Å². The molecule has 0 aromatic heterocycles. The predicted molar refractivity (Wildman–Crippen MR) is 117 cm³/mol. The lowest BCUT2D eigenvalue weighted by Crippen LogP contribution is -2.43. The fourth-order valence-corrected chi connectivity index (χ4v) is 3.31. The number of amides is 1. The number of hydrogen-bond acceptors (Lipinski definition) is 5. The second-order valence-corrected chi connectivity index (χ2v) is 7.82. The SMILES string of the molecule is CCCCC[C@](C)(OCCC)C(=O)Nc1ccc(OCCN2CCOCC2)cc1. The van der Waals surface area contributed by atoms with E-state index in [0.29, 0.717) is 13.2 Å². The van der Waals surface area contributed by atoms with Gasteiger partial charge in [-0.1, -0.05) is 33.1 Å². The topological polar surface area (TPSA) is 60.0 Å². The Labute approximate surface area is 175 Å². The zero-order chi connectivity index (χ0) is 21.0. The fourth-order valence-electron chi connectivity index (χ4n) is 3.31. The van der Waals surface area contributed by atoms with E-state index in [0.717, 1.165) is 76.4 Å². The Balaban J connectivity index is 1.83. The molecule has 6 nitrogen and oxygen atoms in total. The molecule has 1 aromatic carbocycles. The highest BCUT2D eigenvalue weighted by Gasteiger charge is 2.33. The second kappa shape index (κ2) is 12.8. The van der Waals surface area contributed by atoms with Gasteiger partial charge in [-0.05, 0) is 44.0 Å². The summed E-state index contributed by atoms with van der Waals surface area (Å²) in [6.07, 6.45) is 4.84. The number of anilines is 1. The first-order valence-electron chi connectivity index (χ1n) is 11.1. The van der Waals surface area contributed by atoms with Crippen molar-refractivity contribution in [2.75, 3.05) is 51.4 Å². The van der Waals surface area contributed by atoms with Gasteiger partial charge in [0.05, 0.1) is 13.2 Å². The minimum atomic E-state index is -0.793. The fraction of sp³-hybridized carbons (Fsp3) is 0.696. The van der Waals surface area contributed by atoms with Crippen molar-refractivity contribution in [3.8, 4) is 5.75 Å². The maximum absolute atomic E-state index is 12.9. The summed E-state index contributed by atoms with van der Waals surface area (Å²) in [6, 6.07) is 7.56. The highest BCUT2D eigenvalue weighted by Crippen LogP contribution is 2.23. The summed E-state index contributed by atoms with van der Waals surface area (Å²) in [7, 11) is 0. The first-order chi connectivity index (χ1) is 14.1. The van der Waals surface area contributed by atoms with Crippen LogP contribution in [0.25, 0.3) is 0 Å². The first-order valence-corrected chi connectivity index (χ1v) is 11.1. The molecule has 0 unspecified atom stereocenters. The lowest BCUT2D eigenvalue weighted by molar-refractivity contribution is -0.140. The summed E-state index contributed by atoms with van der Waals surface area (Å²) in [5.74, 6) is 0.729. The van der Waals surface area contributed by atoms with Gasteiger partial charge < -0.3 is 19.5 Å². The molecule has 164 valence electrons. The molecule has 0 radical (unpaired) electrons. The van der Waals surface area contributed by atoms with Gasteiger partial charge in [-0.2, -0.15) is 0 Å². The van der Waals surface area contributed by atoms with E-state index in [9.17, 15) is 4.79 Å². The van der Waals surface area contributed by atoms with Crippen LogP contribution in [0.3, 0.4) is 0 Å². The van der Waals surface area contributed by atoms with Crippen LogP contribution in [0.1, 0.15) is 52.9 Å². The molecule has 1 aliphatic rings. The molecule has 0 bridgehead atoms. The summed E-state index contributed by atoms with van der Waals surface area (Å²) < 4.78 is 17.1. The number of unbranched alkanes of at least 4 members (excludes halogenated alkanes) is 2. The molecule has 0 saturated carbocycles. The Morgan fingerprint density at radius 2 is 1.83 bits per heavy atom. The van der Waals surface area contributed by atoms with Crippen LogP contribution in [0.4, 0.5) is 5.69 Å². The third-order valence-electron chi connectivity index (χ3n) is 5.25. The molecular weight excluding hydrogens is 368 g/mol. The zero-order valence-electron chi connectivity index (χ0n) is 18.4. The van der Waals surface area contributed by atoms with Crippen LogP contribution in [0, 0.1) is 0 Å². The maximum Gasteiger partial charge on any atom is 0.256 e. The molecule has 0 spiro atoms. The number of morpholine rings is 1. The lowest BCUT2D eigenvalue weighted by atomic mass is 9.96. The minimum Gasteiger partial charge on any atom is -0.492 e. The summed E-state index contributed by atoms with van der Waals surface area (Å²) in [4.78, 5) is 15.2. The molecule has 2 rings (SSSR count). The maximum atomic E-state index is 12.9. The molecule has 1 aliphatic heterocycles. The van der Waals surface area contributed by atoms with E-state index in [4.69, 9.17) is 14.2 Å². The quantitative estimate of drug-likeness (QED) is 0.500. The molecule has 1 fully saturated rings. The van der Waals surface area contributed by atoms with Gasteiger partial charge in [0.2, 0.25) is 0 Å². The van der Waals surface area contributed by atoms with Gasteiger partial charge in [-0.3, -0.25) is 9.69 Å². The van der Waals surface area contributed by atoms with Crippen molar-refractivity contribution in [3.63, 3.8) is 0 Å². The van der Waals surface area contributed by atoms with Crippen LogP contribution in [0.2, 0.25) is 0 Å². The van der Waals surface area contributed by atoms with Gasteiger partial charge in [0.15, 0.2) is 0 Å². The Bertz CT molecular complexity index is 587. The monoisotopic (exact) mass is 406 g/mol. The van der Waals surface area contributed by atoms with Crippen molar-refractivity contribution in [1.29, 1.82) is 0 Å². The smallest absolute Gasteiger partial charge is 0.256 e. The van der Waals surface area contributed by atoms with Crippen molar-refractivity contribution >= 4 is 11.6 Å². The minimum absolute atomic E-state index is 0.0805. The van der Waals surface area contributed by atoms with Crippen molar-refractivity contribution in [2.24, 2.45) is 0 Å². The Morgan fingerprint density at radius 1 is 1.10 bits per heavy atom. The van der Waals surface area contributed by atoms with Crippen LogP contribution >= 0.6 is 0 Å².